The Labute approximate surface area is 109 Å². The molecule has 1 amide bonds. The lowest BCUT2D eigenvalue weighted by Crippen LogP contribution is -2.41. The maximum atomic E-state index is 13.6. The van der Waals surface area contributed by atoms with Gasteiger partial charge in [0.25, 0.3) is 0 Å². The topological polar surface area (TPSA) is 32.3 Å². The van der Waals surface area contributed by atoms with Crippen molar-refractivity contribution in [3.05, 3.63) is 29.6 Å². The molecule has 2 rings (SSSR count). The number of halogens is 3. The van der Waals surface area contributed by atoms with E-state index in [0.717, 1.165) is 17.0 Å². The summed E-state index contributed by atoms with van der Waals surface area (Å²) in [5, 5.41) is 3.06. The zero-order valence-electron chi connectivity index (χ0n) is 10.7. The molecule has 1 aromatic rings. The minimum Gasteiger partial charge on any atom is -0.308 e. The Morgan fingerprint density at radius 1 is 1.26 bits per heavy atom. The Bertz CT molecular complexity index is 505. The summed E-state index contributed by atoms with van der Waals surface area (Å²) < 4.78 is 39.7. The van der Waals surface area contributed by atoms with E-state index in [1.165, 1.54) is 0 Å². The van der Waals surface area contributed by atoms with Crippen LogP contribution in [0.3, 0.4) is 0 Å². The Morgan fingerprint density at radius 3 is 2.58 bits per heavy atom. The van der Waals surface area contributed by atoms with E-state index in [1.54, 1.807) is 0 Å². The third kappa shape index (κ3) is 2.58. The summed E-state index contributed by atoms with van der Waals surface area (Å²) in [5.41, 5.74) is -0.211. The molecule has 1 aliphatic rings. The predicted octanol–water partition coefficient (Wildman–Crippen LogP) is 2.21. The first kappa shape index (κ1) is 13.9. The number of anilines is 1. The van der Waals surface area contributed by atoms with Gasteiger partial charge >= 0.3 is 0 Å². The second kappa shape index (κ2) is 5.21. The van der Waals surface area contributed by atoms with Crippen LogP contribution in [0, 0.1) is 17.5 Å². The minimum absolute atomic E-state index is 0.115. The summed E-state index contributed by atoms with van der Waals surface area (Å²) in [5.74, 6) is -4.45. The molecule has 1 saturated heterocycles. The molecule has 0 radical (unpaired) electrons. The number of hydrogen-bond donors (Lipinski definition) is 1. The van der Waals surface area contributed by atoms with Gasteiger partial charge in [0.1, 0.15) is 0 Å². The zero-order chi connectivity index (χ0) is 14.2. The third-order valence-corrected chi connectivity index (χ3v) is 3.05. The molecule has 1 heterocycles. The maximum Gasteiger partial charge on any atom is 0.244 e. The van der Waals surface area contributed by atoms with E-state index in [9.17, 15) is 18.0 Å². The normalized spacial score (nSPS) is 19.6. The fourth-order valence-corrected chi connectivity index (χ4v) is 2.20. The van der Waals surface area contributed by atoms with Crippen molar-refractivity contribution in [2.45, 2.75) is 32.4 Å². The molecule has 6 heteroatoms. The smallest absolute Gasteiger partial charge is 0.244 e. The van der Waals surface area contributed by atoms with Crippen LogP contribution in [0.4, 0.5) is 18.9 Å². The lowest BCUT2D eigenvalue weighted by Gasteiger charge is -2.19. The number of carbonyl (C=O) groups excluding carboxylic acids is 1. The van der Waals surface area contributed by atoms with Crippen molar-refractivity contribution in [3.8, 4) is 0 Å². The zero-order valence-corrected chi connectivity index (χ0v) is 10.7. The van der Waals surface area contributed by atoms with Gasteiger partial charge in [0.05, 0.1) is 11.7 Å². The first-order valence-corrected chi connectivity index (χ1v) is 6.12. The monoisotopic (exact) mass is 272 g/mol. The van der Waals surface area contributed by atoms with Gasteiger partial charge in [-0.15, -0.1) is 0 Å². The molecule has 1 aliphatic heterocycles. The first-order valence-electron chi connectivity index (χ1n) is 6.12. The second-order valence-corrected chi connectivity index (χ2v) is 4.85. The molecule has 0 spiro atoms. The largest absolute Gasteiger partial charge is 0.308 e. The molecule has 1 fully saturated rings. The van der Waals surface area contributed by atoms with Gasteiger partial charge < -0.3 is 10.2 Å². The van der Waals surface area contributed by atoms with Crippen LogP contribution in [0.2, 0.25) is 0 Å². The van der Waals surface area contributed by atoms with Crippen molar-refractivity contribution < 1.29 is 18.0 Å². The Hall–Kier alpha value is -1.56. The molecule has 3 nitrogen and oxygen atoms in total. The molecule has 19 heavy (non-hydrogen) atoms. The number of nitrogens with one attached hydrogen (secondary N) is 1. The number of hydrogen-bond acceptors (Lipinski definition) is 2. The van der Waals surface area contributed by atoms with Crippen molar-refractivity contribution in [2.75, 3.05) is 11.4 Å². The minimum atomic E-state index is -1.55. The molecule has 104 valence electrons. The summed E-state index contributed by atoms with van der Waals surface area (Å²) in [4.78, 5) is 13.2. The Morgan fingerprint density at radius 2 is 1.95 bits per heavy atom. The van der Waals surface area contributed by atoms with E-state index in [1.807, 2.05) is 13.8 Å². The maximum absolute atomic E-state index is 13.6. The average molecular weight is 272 g/mol. The van der Waals surface area contributed by atoms with Crippen LogP contribution < -0.4 is 10.2 Å². The van der Waals surface area contributed by atoms with Crippen molar-refractivity contribution in [3.63, 3.8) is 0 Å². The van der Waals surface area contributed by atoms with Crippen LogP contribution in [-0.4, -0.2) is 24.5 Å². The average Bonchev–Trinajstić information content (AvgIpc) is 2.68. The highest BCUT2D eigenvalue weighted by molar-refractivity contribution is 5.99. The molecular formula is C13H15F3N2O. The van der Waals surface area contributed by atoms with E-state index < -0.39 is 23.5 Å². The predicted molar refractivity (Wildman–Crippen MR) is 65.3 cm³/mol. The van der Waals surface area contributed by atoms with Crippen molar-refractivity contribution in [1.82, 2.24) is 5.32 Å². The molecule has 1 unspecified atom stereocenters. The van der Waals surface area contributed by atoms with E-state index >= 15 is 0 Å². The highest BCUT2D eigenvalue weighted by Gasteiger charge is 2.34. The van der Waals surface area contributed by atoms with Gasteiger partial charge in [-0.25, -0.2) is 13.2 Å². The summed E-state index contributed by atoms with van der Waals surface area (Å²) >= 11 is 0. The van der Waals surface area contributed by atoms with Crippen LogP contribution in [-0.2, 0) is 4.79 Å². The summed E-state index contributed by atoms with van der Waals surface area (Å²) in [6.45, 7) is 4.08. The van der Waals surface area contributed by atoms with Gasteiger partial charge in [0.2, 0.25) is 5.91 Å². The summed E-state index contributed by atoms with van der Waals surface area (Å²) in [6.07, 6.45) is 0.509. The van der Waals surface area contributed by atoms with Crippen molar-refractivity contribution in [1.29, 1.82) is 0 Å². The van der Waals surface area contributed by atoms with Gasteiger partial charge in [-0.1, -0.05) is 13.8 Å². The standard InChI is InChI=1S/C13H15F3N2O/c1-7(2)17-9-5-6-18(13(9)19)10-4-3-8(14)11(15)12(10)16/h3-4,7,9,17H,5-6H2,1-2H3. The van der Waals surface area contributed by atoms with E-state index in [4.69, 9.17) is 0 Å². The number of amides is 1. The SMILES string of the molecule is CC(C)NC1CCN(c2ccc(F)c(F)c2F)C1=O. The quantitative estimate of drug-likeness (QED) is 0.856. The van der Waals surface area contributed by atoms with Crippen LogP contribution in [0.25, 0.3) is 0 Å². The van der Waals surface area contributed by atoms with Crippen LogP contribution >= 0.6 is 0 Å². The lowest BCUT2D eigenvalue weighted by atomic mass is 10.2. The molecule has 1 aromatic carbocycles. The molecular weight excluding hydrogens is 257 g/mol. The summed E-state index contributed by atoms with van der Waals surface area (Å²) in [6, 6.07) is 1.62. The van der Waals surface area contributed by atoms with E-state index in [2.05, 4.69) is 5.32 Å². The number of carbonyl (C=O) groups is 1. The molecule has 1 atom stereocenters. The van der Waals surface area contributed by atoms with Crippen molar-refractivity contribution in [2.24, 2.45) is 0 Å². The van der Waals surface area contributed by atoms with Gasteiger partial charge in [-0.05, 0) is 18.6 Å². The van der Waals surface area contributed by atoms with Crippen LogP contribution in [0.15, 0.2) is 12.1 Å². The highest BCUT2D eigenvalue weighted by Crippen LogP contribution is 2.27. The second-order valence-electron chi connectivity index (χ2n) is 4.85. The number of benzene rings is 1. The first-order chi connectivity index (χ1) is 8.91. The number of nitrogens with zero attached hydrogens (tertiary/aromatic N) is 1. The molecule has 1 N–H and O–H groups in total. The molecule has 0 aromatic heterocycles. The fourth-order valence-electron chi connectivity index (χ4n) is 2.20. The highest BCUT2D eigenvalue weighted by atomic mass is 19.2. The van der Waals surface area contributed by atoms with Crippen LogP contribution in [0.5, 0.6) is 0 Å². The van der Waals surface area contributed by atoms with E-state index in [0.29, 0.717) is 6.42 Å². The third-order valence-electron chi connectivity index (χ3n) is 3.05. The van der Waals surface area contributed by atoms with Gasteiger partial charge in [0.15, 0.2) is 17.5 Å². The van der Waals surface area contributed by atoms with E-state index in [-0.39, 0.29) is 24.2 Å². The lowest BCUT2D eigenvalue weighted by molar-refractivity contribution is -0.119. The molecule has 0 aliphatic carbocycles. The van der Waals surface area contributed by atoms with Crippen LogP contribution in [0.1, 0.15) is 20.3 Å². The fraction of sp³-hybridized carbons (Fsp3) is 0.462. The van der Waals surface area contributed by atoms with Gasteiger partial charge in [0, 0.05) is 12.6 Å². The molecule has 0 saturated carbocycles. The molecule has 0 bridgehead atoms. The summed E-state index contributed by atoms with van der Waals surface area (Å²) in [7, 11) is 0. The Balaban J connectivity index is 2.25. The number of rotatable bonds is 3. The van der Waals surface area contributed by atoms with Gasteiger partial charge in [-0.2, -0.15) is 0 Å². The van der Waals surface area contributed by atoms with Gasteiger partial charge in [-0.3, -0.25) is 4.79 Å². The Kier molecular flexibility index (Phi) is 3.80. The van der Waals surface area contributed by atoms with Crippen molar-refractivity contribution >= 4 is 11.6 Å².